The number of nitrogens with zero attached hydrogens (tertiary/aromatic N) is 2. The van der Waals surface area contributed by atoms with Crippen molar-refractivity contribution in [3.05, 3.63) is 24.3 Å². The number of benzene rings is 1. The van der Waals surface area contributed by atoms with Crippen LogP contribution < -0.4 is 10.2 Å². The van der Waals surface area contributed by atoms with Crippen LogP contribution >= 0.6 is 0 Å². The molecule has 3 N–H and O–H groups in total. The number of para-hydroxylation sites is 2. The minimum Gasteiger partial charge on any atom is -0.388 e. The molecule has 0 spiro atoms. The van der Waals surface area contributed by atoms with Gasteiger partial charge in [0.05, 0.1) is 29.6 Å². The summed E-state index contributed by atoms with van der Waals surface area (Å²) in [4.78, 5) is 21.4. The van der Waals surface area contributed by atoms with E-state index in [1.807, 2.05) is 29.2 Å². The highest BCUT2D eigenvalue weighted by molar-refractivity contribution is 5.78. The molecule has 1 aliphatic heterocycles. The Kier molecular flexibility index (Phi) is 3.55. The van der Waals surface area contributed by atoms with Gasteiger partial charge < -0.3 is 20.3 Å². The van der Waals surface area contributed by atoms with Gasteiger partial charge in [0.25, 0.3) is 0 Å². The molecular formula is C15H20N4O2. The van der Waals surface area contributed by atoms with Gasteiger partial charge in [-0.05, 0) is 25.0 Å². The zero-order valence-electron chi connectivity index (χ0n) is 12.1. The molecule has 2 heterocycles. The molecule has 1 aliphatic rings. The number of piperidine rings is 1. The van der Waals surface area contributed by atoms with Crippen molar-refractivity contribution in [3.63, 3.8) is 0 Å². The van der Waals surface area contributed by atoms with Crippen LogP contribution in [0.5, 0.6) is 0 Å². The Bertz CT molecular complexity index is 621. The predicted octanol–water partition coefficient (Wildman–Crippen LogP) is 1.03. The number of nitrogens with one attached hydrogen (secondary N) is 2. The maximum absolute atomic E-state index is 11.6. The van der Waals surface area contributed by atoms with Crippen molar-refractivity contribution in [3.8, 4) is 0 Å². The Balaban J connectivity index is 1.80. The summed E-state index contributed by atoms with van der Waals surface area (Å²) in [6.07, 6.45) is 1.60. The molecule has 6 heteroatoms. The van der Waals surface area contributed by atoms with Crippen LogP contribution in [0.4, 0.5) is 5.95 Å². The standard InChI is InChI=1S/C15H20N4O2/c1-16-13(20)9-15(21)7-4-8-19(10-15)14-17-11-5-2-3-6-12(11)18-14/h2-3,5-6,21H,4,7-10H2,1H3,(H,16,20)(H,17,18). The second kappa shape index (κ2) is 5.37. The summed E-state index contributed by atoms with van der Waals surface area (Å²) in [5, 5.41) is 13.2. The van der Waals surface area contributed by atoms with Gasteiger partial charge >= 0.3 is 0 Å². The number of imidazole rings is 1. The second-order valence-electron chi connectivity index (χ2n) is 5.68. The van der Waals surface area contributed by atoms with Gasteiger partial charge in [0.15, 0.2) is 0 Å². The first-order chi connectivity index (χ1) is 10.1. The van der Waals surface area contributed by atoms with E-state index in [0.29, 0.717) is 13.0 Å². The minimum atomic E-state index is -0.989. The fourth-order valence-electron chi connectivity index (χ4n) is 2.91. The maximum Gasteiger partial charge on any atom is 0.222 e. The van der Waals surface area contributed by atoms with Gasteiger partial charge in [0.1, 0.15) is 0 Å². The average Bonchev–Trinajstić information content (AvgIpc) is 2.90. The van der Waals surface area contributed by atoms with E-state index < -0.39 is 5.60 Å². The quantitative estimate of drug-likeness (QED) is 0.788. The van der Waals surface area contributed by atoms with Gasteiger partial charge in [-0.2, -0.15) is 0 Å². The summed E-state index contributed by atoms with van der Waals surface area (Å²) in [6.45, 7) is 1.25. The molecule has 0 aliphatic carbocycles. The Morgan fingerprint density at radius 2 is 2.33 bits per heavy atom. The predicted molar refractivity (Wildman–Crippen MR) is 81.2 cm³/mol. The molecule has 1 amide bonds. The number of anilines is 1. The number of hydrogen-bond acceptors (Lipinski definition) is 4. The SMILES string of the molecule is CNC(=O)CC1(O)CCCN(c2nc3ccccc3[nH]2)C1. The lowest BCUT2D eigenvalue weighted by Gasteiger charge is -2.38. The van der Waals surface area contributed by atoms with Gasteiger partial charge in [-0.25, -0.2) is 4.98 Å². The third-order valence-electron chi connectivity index (χ3n) is 4.00. The van der Waals surface area contributed by atoms with Crippen molar-refractivity contribution < 1.29 is 9.90 Å². The lowest BCUT2D eigenvalue weighted by molar-refractivity contribution is -0.125. The van der Waals surface area contributed by atoms with Crippen molar-refractivity contribution in [2.75, 3.05) is 25.0 Å². The van der Waals surface area contributed by atoms with E-state index in [2.05, 4.69) is 15.3 Å². The number of carbonyl (C=O) groups excluding carboxylic acids is 1. The summed E-state index contributed by atoms with van der Waals surface area (Å²) < 4.78 is 0. The number of hydrogen-bond donors (Lipinski definition) is 3. The molecule has 0 bridgehead atoms. The molecule has 6 nitrogen and oxygen atoms in total. The molecule has 112 valence electrons. The van der Waals surface area contributed by atoms with E-state index in [1.54, 1.807) is 7.05 Å². The van der Waals surface area contributed by atoms with E-state index in [0.717, 1.165) is 29.9 Å². The molecule has 0 radical (unpaired) electrons. The lowest BCUT2D eigenvalue weighted by atomic mass is 9.89. The summed E-state index contributed by atoms with van der Waals surface area (Å²) in [6, 6.07) is 7.84. The van der Waals surface area contributed by atoms with Crippen molar-refractivity contribution in [2.45, 2.75) is 24.9 Å². The van der Waals surface area contributed by atoms with Gasteiger partial charge in [-0.1, -0.05) is 12.1 Å². The fraction of sp³-hybridized carbons (Fsp3) is 0.467. The van der Waals surface area contributed by atoms with Crippen molar-refractivity contribution in [1.29, 1.82) is 0 Å². The number of fused-ring (bicyclic) bond motifs is 1. The number of aromatic amines is 1. The minimum absolute atomic E-state index is 0.125. The highest BCUT2D eigenvalue weighted by Crippen LogP contribution is 2.28. The van der Waals surface area contributed by atoms with Crippen LogP contribution in [0.1, 0.15) is 19.3 Å². The first-order valence-corrected chi connectivity index (χ1v) is 7.22. The molecule has 0 saturated carbocycles. The number of rotatable bonds is 3. The highest BCUT2D eigenvalue weighted by Gasteiger charge is 2.36. The molecule has 1 saturated heterocycles. The van der Waals surface area contributed by atoms with Gasteiger partial charge in [-0.15, -0.1) is 0 Å². The Labute approximate surface area is 123 Å². The molecule has 1 unspecified atom stereocenters. The molecule has 2 aromatic rings. The first kappa shape index (κ1) is 13.9. The number of aromatic nitrogens is 2. The summed E-state index contributed by atoms with van der Waals surface area (Å²) >= 11 is 0. The second-order valence-corrected chi connectivity index (χ2v) is 5.68. The fourth-order valence-corrected chi connectivity index (χ4v) is 2.91. The van der Waals surface area contributed by atoms with Crippen LogP contribution in [0.25, 0.3) is 11.0 Å². The largest absolute Gasteiger partial charge is 0.388 e. The topological polar surface area (TPSA) is 81.2 Å². The zero-order chi connectivity index (χ0) is 14.9. The van der Waals surface area contributed by atoms with Crippen LogP contribution in [-0.2, 0) is 4.79 Å². The van der Waals surface area contributed by atoms with Crippen molar-refractivity contribution >= 4 is 22.9 Å². The molecule has 1 aromatic heterocycles. The lowest BCUT2D eigenvalue weighted by Crippen LogP contribution is -2.50. The number of H-pyrrole nitrogens is 1. The maximum atomic E-state index is 11.6. The van der Waals surface area contributed by atoms with E-state index >= 15 is 0 Å². The van der Waals surface area contributed by atoms with Crippen molar-refractivity contribution in [1.82, 2.24) is 15.3 Å². The van der Waals surface area contributed by atoms with Crippen LogP contribution in [0.2, 0.25) is 0 Å². The third-order valence-corrected chi connectivity index (χ3v) is 4.00. The Morgan fingerprint density at radius 3 is 3.10 bits per heavy atom. The normalized spacial score (nSPS) is 22.5. The smallest absolute Gasteiger partial charge is 0.222 e. The van der Waals surface area contributed by atoms with E-state index in [1.165, 1.54) is 0 Å². The molecule has 1 fully saturated rings. The van der Waals surface area contributed by atoms with Crippen LogP contribution in [0, 0.1) is 0 Å². The van der Waals surface area contributed by atoms with E-state index in [9.17, 15) is 9.90 Å². The van der Waals surface area contributed by atoms with Gasteiger partial charge in [0.2, 0.25) is 11.9 Å². The van der Waals surface area contributed by atoms with Crippen LogP contribution in [0.15, 0.2) is 24.3 Å². The van der Waals surface area contributed by atoms with Crippen LogP contribution in [0.3, 0.4) is 0 Å². The summed E-state index contributed by atoms with van der Waals surface area (Å²) in [5.74, 6) is 0.621. The Morgan fingerprint density at radius 1 is 1.52 bits per heavy atom. The first-order valence-electron chi connectivity index (χ1n) is 7.22. The number of aliphatic hydroxyl groups is 1. The average molecular weight is 288 g/mol. The number of carbonyl (C=O) groups is 1. The van der Waals surface area contributed by atoms with Gasteiger partial charge in [-0.3, -0.25) is 4.79 Å². The number of β-amino-alcohol motifs (C(OH)–C–C–N with tert-alkyl or cyclic N) is 1. The third kappa shape index (κ3) is 2.85. The number of amides is 1. The zero-order valence-corrected chi connectivity index (χ0v) is 12.1. The Hall–Kier alpha value is -2.08. The molecule has 1 aromatic carbocycles. The summed E-state index contributed by atoms with van der Waals surface area (Å²) in [7, 11) is 1.59. The monoisotopic (exact) mass is 288 g/mol. The molecular weight excluding hydrogens is 268 g/mol. The van der Waals surface area contributed by atoms with Crippen molar-refractivity contribution in [2.24, 2.45) is 0 Å². The van der Waals surface area contributed by atoms with Crippen LogP contribution in [-0.4, -0.2) is 46.7 Å². The molecule has 1 atom stereocenters. The summed E-state index contributed by atoms with van der Waals surface area (Å²) in [5.41, 5.74) is 0.901. The highest BCUT2D eigenvalue weighted by atomic mass is 16.3. The molecule has 3 rings (SSSR count). The van der Waals surface area contributed by atoms with E-state index in [4.69, 9.17) is 0 Å². The van der Waals surface area contributed by atoms with E-state index in [-0.39, 0.29) is 12.3 Å². The molecule has 21 heavy (non-hydrogen) atoms. The van der Waals surface area contributed by atoms with Gasteiger partial charge in [0, 0.05) is 13.6 Å².